The van der Waals surface area contributed by atoms with Gasteiger partial charge in [-0.05, 0) is 19.9 Å². The van der Waals surface area contributed by atoms with Crippen LogP contribution in [0.25, 0.3) is 0 Å². The molecule has 0 radical (unpaired) electrons. The second-order valence-corrected chi connectivity index (χ2v) is 3.70. The van der Waals surface area contributed by atoms with Gasteiger partial charge in [-0.1, -0.05) is 0 Å². The highest BCUT2D eigenvalue weighted by molar-refractivity contribution is 5.90. The third kappa shape index (κ3) is 1.30. The van der Waals surface area contributed by atoms with Gasteiger partial charge >= 0.3 is 0 Å². The van der Waals surface area contributed by atoms with E-state index < -0.39 is 5.60 Å². The van der Waals surface area contributed by atoms with E-state index in [1.54, 1.807) is 32.3 Å². The lowest BCUT2D eigenvalue weighted by atomic mass is 9.94. The van der Waals surface area contributed by atoms with Crippen LogP contribution in [0.4, 0.5) is 0 Å². The largest absolute Gasteiger partial charge is 0.480 e. The Morgan fingerprint density at radius 3 is 3.08 bits per heavy atom. The van der Waals surface area contributed by atoms with Gasteiger partial charge < -0.3 is 4.74 Å². The van der Waals surface area contributed by atoms with Crippen LogP contribution >= 0.6 is 0 Å². The highest BCUT2D eigenvalue weighted by Crippen LogP contribution is 2.29. The van der Waals surface area contributed by atoms with E-state index in [4.69, 9.17) is 4.74 Å². The summed E-state index contributed by atoms with van der Waals surface area (Å²) in [6.07, 6.45) is 3.78. The van der Waals surface area contributed by atoms with Crippen molar-refractivity contribution in [3.8, 4) is 5.75 Å². The molecule has 1 aliphatic rings. The first-order valence-electron chi connectivity index (χ1n) is 4.25. The molecule has 1 aromatic heterocycles. The van der Waals surface area contributed by atoms with E-state index in [0.29, 0.717) is 6.42 Å². The molecule has 1 aromatic rings. The van der Waals surface area contributed by atoms with Gasteiger partial charge in [0.05, 0.1) is 0 Å². The van der Waals surface area contributed by atoms with Crippen molar-refractivity contribution in [1.29, 1.82) is 0 Å². The Morgan fingerprint density at radius 1 is 1.54 bits per heavy atom. The SMILES string of the molecule is CC1(C)Oc2ccncc2CC1=O. The average molecular weight is 177 g/mol. The van der Waals surface area contributed by atoms with Crippen LogP contribution in [0.3, 0.4) is 0 Å². The number of aromatic nitrogens is 1. The predicted octanol–water partition coefficient (Wildman–Crippen LogP) is 1.36. The Hall–Kier alpha value is -1.38. The summed E-state index contributed by atoms with van der Waals surface area (Å²) in [6, 6.07) is 1.80. The molecule has 13 heavy (non-hydrogen) atoms. The first-order valence-corrected chi connectivity index (χ1v) is 4.25. The Balaban J connectivity index is 2.44. The summed E-state index contributed by atoms with van der Waals surface area (Å²) in [6.45, 7) is 3.58. The molecule has 0 bridgehead atoms. The number of hydrogen-bond donors (Lipinski definition) is 0. The molecule has 1 aliphatic heterocycles. The Bertz CT molecular complexity index is 358. The van der Waals surface area contributed by atoms with Crippen LogP contribution in [-0.4, -0.2) is 16.4 Å². The zero-order valence-corrected chi connectivity index (χ0v) is 7.70. The quantitative estimate of drug-likeness (QED) is 0.600. The van der Waals surface area contributed by atoms with Crippen molar-refractivity contribution in [2.75, 3.05) is 0 Å². The van der Waals surface area contributed by atoms with Gasteiger partial charge in [-0.3, -0.25) is 9.78 Å². The molecular formula is C10H11NO2. The first kappa shape index (κ1) is 8.23. The highest BCUT2D eigenvalue weighted by atomic mass is 16.5. The van der Waals surface area contributed by atoms with Crippen LogP contribution in [0, 0.1) is 0 Å². The number of Topliss-reactive ketones (excluding diaryl/α,β-unsaturated/α-hetero) is 1. The Morgan fingerprint density at radius 2 is 2.31 bits per heavy atom. The van der Waals surface area contributed by atoms with Gasteiger partial charge in [0.2, 0.25) is 0 Å². The maximum absolute atomic E-state index is 11.5. The van der Waals surface area contributed by atoms with E-state index in [2.05, 4.69) is 4.98 Å². The summed E-state index contributed by atoms with van der Waals surface area (Å²) in [5, 5.41) is 0. The molecule has 3 nitrogen and oxygen atoms in total. The summed E-state index contributed by atoms with van der Waals surface area (Å²) in [4.78, 5) is 15.5. The van der Waals surface area contributed by atoms with Gasteiger partial charge in [0, 0.05) is 24.4 Å². The minimum absolute atomic E-state index is 0.105. The third-order valence-corrected chi connectivity index (χ3v) is 2.25. The Labute approximate surface area is 76.7 Å². The number of fused-ring (bicyclic) bond motifs is 1. The lowest BCUT2D eigenvalue weighted by Crippen LogP contribution is -2.42. The molecule has 3 heteroatoms. The summed E-state index contributed by atoms with van der Waals surface area (Å²) in [5.74, 6) is 0.882. The van der Waals surface area contributed by atoms with E-state index in [9.17, 15) is 4.79 Å². The van der Waals surface area contributed by atoms with Crippen molar-refractivity contribution in [2.24, 2.45) is 0 Å². The van der Waals surface area contributed by atoms with Crippen molar-refractivity contribution in [3.05, 3.63) is 24.0 Å². The second kappa shape index (κ2) is 2.55. The highest BCUT2D eigenvalue weighted by Gasteiger charge is 2.34. The molecule has 2 rings (SSSR count). The number of ether oxygens (including phenoxy) is 1. The van der Waals surface area contributed by atoms with Crippen LogP contribution in [-0.2, 0) is 11.2 Å². The van der Waals surface area contributed by atoms with Crippen molar-refractivity contribution >= 4 is 5.78 Å². The monoisotopic (exact) mass is 177 g/mol. The van der Waals surface area contributed by atoms with E-state index in [0.717, 1.165) is 11.3 Å². The van der Waals surface area contributed by atoms with E-state index in [1.807, 2.05) is 0 Å². The van der Waals surface area contributed by atoms with Gasteiger partial charge in [-0.2, -0.15) is 0 Å². The normalized spacial score (nSPS) is 19.1. The topological polar surface area (TPSA) is 39.2 Å². The number of carbonyl (C=O) groups excluding carboxylic acids is 1. The van der Waals surface area contributed by atoms with Crippen molar-refractivity contribution < 1.29 is 9.53 Å². The molecule has 0 aliphatic carbocycles. The standard InChI is InChI=1S/C10H11NO2/c1-10(2)9(12)5-7-6-11-4-3-8(7)13-10/h3-4,6H,5H2,1-2H3. The number of pyridine rings is 1. The number of carbonyl (C=O) groups is 1. The fourth-order valence-corrected chi connectivity index (χ4v) is 1.36. The molecule has 2 heterocycles. The smallest absolute Gasteiger partial charge is 0.180 e. The molecular weight excluding hydrogens is 166 g/mol. The number of nitrogens with zero attached hydrogens (tertiary/aromatic N) is 1. The summed E-state index contributed by atoms with van der Waals surface area (Å²) in [5.41, 5.74) is 0.195. The predicted molar refractivity (Wildman–Crippen MR) is 47.7 cm³/mol. The number of hydrogen-bond acceptors (Lipinski definition) is 3. The van der Waals surface area contributed by atoms with E-state index in [1.165, 1.54) is 0 Å². The minimum Gasteiger partial charge on any atom is -0.480 e. The van der Waals surface area contributed by atoms with E-state index >= 15 is 0 Å². The molecule has 0 unspecified atom stereocenters. The zero-order valence-electron chi connectivity index (χ0n) is 7.70. The first-order chi connectivity index (χ1) is 6.09. The lowest BCUT2D eigenvalue weighted by molar-refractivity contribution is -0.132. The summed E-state index contributed by atoms with van der Waals surface area (Å²) >= 11 is 0. The molecule has 0 amide bonds. The third-order valence-electron chi connectivity index (χ3n) is 2.25. The van der Waals surface area contributed by atoms with Gasteiger partial charge in [-0.15, -0.1) is 0 Å². The molecule has 0 aromatic carbocycles. The molecule has 68 valence electrons. The van der Waals surface area contributed by atoms with Gasteiger partial charge in [0.1, 0.15) is 5.75 Å². The fourth-order valence-electron chi connectivity index (χ4n) is 1.36. The van der Waals surface area contributed by atoms with Gasteiger partial charge in [-0.25, -0.2) is 0 Å². The maximum Gasteiger partial charge on any atom is 0.180 e. The van der Waals surface area contributed by atoms with Crippen molar-refractivity contribution in [1.82, 2.24) is 4.98 Å². The van der Waals surface area contributed by atoms with Crippen molar-refractivity contribution in [3.63, 3.8) is 0 Å². The molecule has 0 fully saturated rings. The Kier molecular flexibility index (Phi) is 1.62. The molecule has 0 saturated heterocycles. The fraction of sp³-hybridized carbons (Fsp3) is 0.400. The number of rotatable bonds is 0. The summed E-state index contributed by atoms with van der Waals surface area (Å²) in [7, 11) is 0. The van der Waals surface area contributed by atoms with Crippen LogP contribution in [0.15, 0.2) is 18.5 Å². The minimum atomic E-state index is -0.686. The van der Waals surface area contributed by atoms with Crippen LogP contribution in [0.1, 0.15) is 19.4 Å². The molecule has 0 spiro atoms. The van der Waals surface area contributed by atoms with Crippen LogP contribution in [0.5, 0.6) is 5.75 Å². The molecule has 0 atom stereocenters. The molecule has 0 saturated carbocycles. The second-order valence-electron chi connectivity index (χ2n) is 3.70. The molecule has 0 N–H and O–H groups in total. The zero-order chi connectivity index (χ0) is 9.47. The average Bonchev–Trinajstić information content (AvgIpc) is 2.06. The van der Waals surface area contributed by atoms with Crippen LogP contribution < -0.4 is 4.74 Å². The lowest BCUT2D eigenvalue weighted by Gasteiger charge is -2.30. The number of ketones is 1. The van der Waals surface area contributed by atoms with Crippen LogP contribution in [0.2, 0.25) is 0 Å². The van der Waals surface area contributed by atoms with Gasteiger partial charge in [0.15, 0.2) is 11.4 Å². The summed E-state index contributed by atoms with van der Waals surface area (Å²) < 4.78 is 5.54. The van der Waals surface area contributed by atoms with E-state index in [-0.39, 0.29) is 5.78 Å². The van der Waals surface area contributed by atoms with Crippen molar-refractivity contribution in [2.45, 2.75) is 25.9 Å². The maximum atomic E-state index is 11.5. The van der Waals surface area contributed by atoms with Gasteiger partial charge in [0.25, 0.3) is 0 Å².